The monoisotopic (exact) mass is 404 g/mol. The summed E-state index contributed by atoms with van der Waals surface area (Å²) in [6.07, 6.45) is 3.26. The predicted molar refractivity (Wildman–Crippen MR) is 106 cm³/mol. The molecular weight excluding hydrogens is 387 g/mol. The van der Waals surface area contributed by atoms with Crippen LogP contribution in [0.3, 0.4) is 0 Å². The molecule has 30 heavy (non-hydrogen) atoms. The highest BCUT2D eigenvalue weighted by Gasteiger charge is 2.31. The molecule has 3 aromatic heterocycles. The van der Waals surface area contributed by atoms with Crippen LogP contribution in [-0.2, 0) is 6.54 Å². The molecule has 0 saturated heterocycles. The van der Waals surface area contributed by atoms with Crippen molar-refractivity contribution in [3.05, 3.63) is 59.3 Å². The van der Waals surface area contributed by atoms with Crippen molar-refractivity contribution in [1.82, 2.24) is 24.8 Å². The summed E-state index contributed by atoms with van der Waals surface area (Å²) in [5, 5.41) is 20.0. The van der Waals surface area contributed by atoms with Gasteiger partial charge in [-0.1, -0.05) is 0 Å². The van der Waals surface area contributed by atoms with Crippen LogP contribution in [0, 0.1) is 12.7 Å². The van der Waals surface area contributed by atoms with Gasteiger partial charge < -0.3 is 14.8 Å². The molecule has 0 amide bonds. The number of benzene rings is 1. The Hall–Kier alpha value is -3.75. The third-order valence-corrected chi connectivity index (χ3v) is 5.70. The van der Waals surface area contributed by atoms with Crippen molar-refractivity contribution in [2.24, 2.45) is 0 Å². The van der Waals surface area contributed by atoms with Gasteiger partial charge in [-0.25, -0.2) is 4.39 Å². The first-order valence-electron chi connectivity index (χ1n) is 9.67. The molecule has 0 bridgehead atoms. The van der Waals surface area contributed by atoms with Crippen molar-refractivity contribution in [3.8, 4) is 22.8 Å². The fraction of sp³-hybridized carbons (Fsp3) is 0.238. The van der Waals surface area contributed by atoms with Gasteiger partial charge in [0.15, 0.2) is 17.2 Å². The van der Waals surface area contributed by atoms with E-state index >= 15 is 0 Å². The Morgan fingerprint density at radius 2 is 1.97 bits per heavy atom. The van der Waals surface area contributed by atoms with Crippen molar-refractivity contribution in [2.75, 3.05) is 18.5 Å². The summed E-state index contributed by atoms with van der Waals surface area (Å²) in [5.74, 6) is 1.70. The highest BCUT2D eigenvalue weighted by molar-refractivity contribution is 5.81. The SMILES string of the molecule is Cc1ccnnc1-c1cc2c(n3cnnc13)NCc1c(F)ccc3c1[C@@H](CO3)CO2. The molecule has 2 aliphatic heterocycles. The lowest BCUT2D eigenvalue weighted by atomic mass is 9.96. The molecule has 0 spiro atoms. The van der Waals surface area contributed by atoms with Gasteiger partial charge in [-0.3, -0.25) is 4.40 Å². The molecule has 0 radical (unpaired) electrons. The molecule has 5 heterocycles. The maximum Gasteiger partial charge on any atom is 0.172 e. The number of aromatic nitrogens is 5. The maximum absolute atomic E-state index is 14.7. The summed E-state index contributed by atoms with van der Waals surface area (Å²) >= 11 is 0. The van der Waals surface area contributed by atoms with Crippen LogP contribution in [0.2, 0.25) is 0 Å². The number of rotatable bonds is 1. The first-order valence-corrected chi connectivity index (χ1v) is 9.67. The van der Waals surface area contributed by atoms with Gasteiger partial charge in [-0.05, 0) is 36.8 Å². The van der Waals surface area contributed by atoms with Gasteiger partial charge in [0.2, 0.25) is 0 Å². The van der Waals surface area contributed by atoms with Crippen LogP contribution in [0.25, 0.3) is 16.9 Å². The standard InChI is InChI=1S/C21H17FN6O2/c1-11-4-5-24-26-19(11)13-6-17-21(28-10-25-27-20(13)28)23-7-14-15(22)2-3-16-18(14)12(8-29-16)9-30-17/h2-6,10,12,23H,7-9H2,1H3/t12-/m0/s1. The van der Waals surface area contributed by atoms with Crippen LogP contribution in [0.15, 0.2) is 36.8 Å². The molecule has 0 fully saturated rings. The zero-order valence-electron chi connectivity index (χ0n) is 16.1. The van der Waals surface area contributed by atoms with E-state index in [0.717, 1.165) is 22.4 Å². The van der Waals surface area contributed by atoms with E-state index in [0.29, 0.717) is 48.2 Å². The second kappa shape index (κ2) is 6.38. The van der Waals surface area contributed by atoms with Crippen LogP contribution in [0.4, 0.5) is 10.2 Å². The largest absolute Gasteiger partial charge is 0.493 e. The third kappa shape index (κ3) is 2.44. The van der Waals surface area contributed by atoms with E-state index in [-0.39, 0.29) is 11.7 Å². The van der Waals surface area contributed by atoms with Crippen molar-refractivity contribution >= 4 is 11.5 Å². The average molecular weight is 404 g/mol. The number of nitrogens with one attached hydrogen (secondary N) is 1. The summed E-state index contributed by atoms with van der Waals surface area (Å²) in [6, 6.07) is 6.93. The Morgan fingerprint density at radius 3 is 2.83 bits per heavy atom. The van der Waals surface area contributed by atoms with Crippen LogP contribution in [0.5, 0.6) is 11.5 Å². The van der Waals surface area contributed by atoms with Gasteiger partial charge >= 0.3 is 0 Å². The Bertz CT molecular complexity index is 1300. The Kier molecular flexibility index (Phi) is 3.64. The highest BCUT2D eigenvalue weighted by Crippen LogP contribution is 2.41. The number of hydrogen-bond donors (Lipinski definition) is 1. The summed E-state index contributed by atoms with van der Waals surface area (Å²) in [4.78, 5) is 0. The zero-order valence-corrected chi connectivity index (χ0v) is 16.1. The van der Waals surface area contributed by atoms with Gasteiger partial charge in [0.05, 0.1) is 30.4 Å². The van der Waals surface area contributed by atoms with Gasteiger partial charge in [-0.2, -0.15) is 10.2 Å². The van der Waals surface area contributed by atoms with E-state index in [1.807, 2.05) is 23.5 Å². The molecule has 4 aromatic rings. The lowest BCUT2D eigenvalue weighted by Gasteiger charge is -2.16. The van der Waals surface area contributed by atoms with E-state index < -0.39 is 0 Å². The molecule has 1 atom stereocenters. The Labute approximate surface area is 170 Å². The van der Waals surface area contributed by atoms with E-state index in [2.05, 4.69) is 25.7 Å². The minimum atomic E-state index is -0.257. The number of ether oxygens (including phenoxy) is 2. The molecule has 8 nitrogen and oxygen atoms in total. The molecule has 0 saturated carbocycles. The summed E-state index contributed by atoms with van der Waals surface area (Å²) in [6.45, 7) is 3.09. The van der Waals surface area contributed by atoms with E-state index in [9.17, 15) is 4.39 Å². The number of aryl methyl sites for hydroxylation is 1. The molecule has 9 heteroatoms. The van der Waals surface area contributed by atoms with Gasteiger partial charge in [0.1, 0.15) is 17.9 Å². The average Bonchev–Trinajstić information content (AvgIpc) is 3.40. The highest BCUT2D eigenvalue weighted by atomic mass is 19.1. The topological polar surface area (TPSA) is 86.5 Å². The Morgan fingerprint density at radius 1 is 1.10 bits per heavy atom. The fourth-order valence-corrected chi connectivity index (χ4v) is 4.22. The van der Waals surface area contributed by atoms with E-state index in [4.69, 9.17) is 9.47 Å². The smallest absolute Gasteiger partial charge is 0.172 e. The lowest BCUT2D eigenvalue weighted by molar-refractivity contribution is 0.249. The molecule has 0 aliphatic carbocycles. The van der Waals surface area contributed by atoms with Gasteiger partial charge in [0, 0.05) is 23.9 Å². The van der Waals surface area contributed by atoms with Crippen molar-refractivity contribution in [1.29, 1.82) is 0 Å². The minimum absolute atomic E-state index is 0.0447. The van der Waals surface area contributed by atoms with Gasteiger partial charge in [0.25, 0.3) is 0 Å². The minimum Gasteiger partial charge on any atom is -0.493 e. The number of hydrogen-bond acceptors (Lipinski definition) is 7. The van der Waals surface area contributed by atoms with Crippen LogP contribution in [-0.4, -0.2) is 38.0 Å². The van der Waals surface area contributed by atoms with Crippen molar-refractivity contribution < 1.29 is 13.9 Å². The second-order valence-electron chi connectivity index (χ2n) is 7.47. The van der Waals surface area contributed by atoms with Crippen LogP contribution >= 0.6 is 0 Å². The van der Waals surface area contributed by atoms with Crippen molar-refractivity contribution in [2.45, 2.75) is 19.4 Å². The number of anilines is 1. The second-order valence-corrected chi connectivity index (χ2v) is 7.47. The first-order chi connectivity index (χ1) is 14.7. The molecule has 6 rings (SSSR count). The summed E-state index contributed by atoms with van der Waals surface area (Å²) in [5.41, 5.74) is 4.54. The quantitative estimate of drug-likeness (QED) is 0.522. The van der Waals surface area contributed by atoms with Crippen molar-refractivity contribution in [3.63, 3.8) is 0 Å². The molecule has 0 unspecified atom stereocenters. The summed E-state index contributed by atoms with van der Waals surface area (Å²) in [7, 11) is 0. The van der Waals surface area contributed by atoms with Gasteiger partial charge in [-0.15, -0.1) is 10.2 Å². The zero-order chi connectivity index (χ0) is 20.2. The predicted octanol–water partition coefficient (Wildman–Crippen LogP) is 3.11. The number of pyridine rings is 1. The lowest BCUT2D eigenvalue weighted by Crippen LogP contribution is -2.13. The van der Waals surface area contributed by atoms with E-state index in [1.165, 1.54) is 6.07 Å². The number of fused-ring (bicyclic) bond motifs is 3. The number of halogens is 1. The van der Waals surface area contributed by atoms with Crippen LogP contribution < -0.4 is 14.8 Å². The molecule has 150 valence electrons. The normalized spacial score (nSPS) is 17.1. The molecular formula is C21H17FN6O2. The maximum atomic E-state index is 14.7. The van der Waals surface area contributed by atoms with Crippen LogP contribution in [0.1, 0.15) is 22.6 Å². The fourth-order valence-electron chi connectivity index (χ4n) is 4.22. The third-order valence-electron chi connectivity index (χ3n) is 5.70. The molecule has 1 aromatic carbocycles. The molecule has 1 N–H and O–H groups in total. The Balaban J connectivity index is 1.54. The summed E-state index contributed by atoms with van der Waals surface area (Å²) < 4.78 is 28.5. The number of nitrogens with zero attached hydrogens (tertiary/aromatic N) is 5. The first kappa shape index (κ1) is 17.1. The van der Waals surface area contributed by atoms with E-state index in [1.54, 1.807) is 18.6 Å². The molecule has 2 aliphatic rings.